The highest BCUT2D eigenvalue weighted by molar-refractivity contribution is 5.86. The largest absolute Gasteiger partial charge is 0.321 e. The van der Waals surface area contributed by atoms with Crippen LogP contribution in [0.3, 0.4) is 0 Å². The molecule has 2 nitrogen and oxygen atoms in total. The first-order chi connectivity index (χ1) is 6.63. The van der Waals surface area contributed by atoms with Gasteiger partial charge in [0, 0.05) is 5.92 Å². The van der Waals surface area contributed by atoms with Gasteiger partial charge >= 0.3 is 0 Å². The standard InChI is InChI=1S/C12H23NO/c1-9(2)11(13)12(14)10-7-5-3-4-6-8-10/h9-11H,3-8,13H2,1-2H3. The molecule has 1 rings (SSSR count). The van der Waals surface area contributed by atoms with Crippen molar-refractivity contribution in [3.63, 3.8) is 0 Å². The lowest BCUT2D eigenvalue weighted by molar-refractivity contribution is -0.125. The number of ketones is 1. The summed E-state index contributed by atoms with van der Waals surface area (Å²) in [6.45, 7) is 4.05. The van der Waals surface area contributed by atoms with Crippen molar-refractivity contribution in [3.8, 4) is 0 Å². The predicted octanol–water partition coefficient (Wildman–Crippen LogP) is 2.51. The van der Waals surface area contributed by atoms with Gasteiger partial charge in [-0.3, -0.25) is 4.79 Å². The van der Waals surface area contributed by atoms with Crippen LogP contribution in [0.25, 0.3) is 0 Å². The summed E-state index contributed by atoms with van der Waals surface area (Å²) in [5, 5.41) is 0. The van der Waals surface area contributed by atoms with Crippen LogP contribution in [0, 0.1) is 11.8 Å². The van der Waals surface area contributed by atoms with Crippen LogP contribution in [0.2, 0.25) is 0 Å². The predicted molar refractivity (Wildman–Crippen MR) is 59.0 cm³/mol. The molecule has 1 aliphatic rings. The van der Waals surface area contributed by atoms with E-state index in [4.69, 9.17) is 5.73 Å². The van der Waals surface area contributed by atoms with Crippen molar-refractivity contribution in [3.05, 3.63) is 0 Å². The molecule has 0 saturated heterocycles. The summed E-state index contributed by atoms with van der Waals surface area (Å²) < 4.78 is 0. The second-order valence-corrected chi connectivity index (χ2v) is 4.86. The molecule has 0 aromatic rings. The Hall–Kier alpha value is -0.370. The Labute approximate surface area is 87.2 Å². The van der Waals surface area contributed by atoms with E-state index in [0.717, 1.165) is 12.8 Å². The first kappa shape index (κ1) is 11.7. The molecule has 82 valence electrons. The van der Waals surface area contributed by atoms with Gasteiger partial charge in [-0.25, -0.2) is 0 Å². The Bertz CT molecular complexity index is 181. The summed E-state index contributed by atoms with van der Waals surface area (Å²) >= 11 is 0. The van der Waals surface area contributed by atoms with Crippen LogP contribution in [0.1, 0.15) is 52.4 Å². The van der Waals surface area contributed by atoms with Crippen LogP contribution in [0.4, 0.5) is 0 Å². The third kappa shape index (κ3) is 3.09. The van der Waals surface area contributed by atoms with Gasteiger partial charge in [0.15, 0.2) is 5.78 Å². The minimum Gasteiger partial charge on any atom is -0.321 e. The minimum absolute atomic E-state index is 0.238. The minimum atomic E-state index is -0.238. The van der Waals surface area contributed by atoms with Gasteiger partial charge in [0.25, 0.3) is 0 Å². The Morgan fingerprint density at radius 3 is 2.07 bits per heavy atom. The quantitative estimate of drug-likeness (QED) is 0.706. The zero-order chi connectivity index (χ0) is 10.6. The lowest BCUT2D eigenvalue weighted by atomic mass is 9.87. The first-order valence-corrected chi connectivity index (χ1v) is 5.92. The number of carbonyl (C=O) groups is 1. The number of carbonyl (C=O) groups excluding carboxylic acids is 1. The summed E-state index contributed by atoms with van der Waals surface area (Å²) in [5.41, 5.74) is 5.89. The van der Waals surface area contributed by atoms with E-state index >= 15 is 0 Å². The van der Waals surface area contributed by atoms with Crippen LogP contribution >= 0.6 is 0 Å². The van der Waals surface area contributed by atoms with E-state index in [9.17, 15) is 4.79 Å². The summed E-state index contributed by atoms with van der Waals surface area (Å²) in [4.78, 5) is 12.0. The normalized spacial score (nSPS) is 22.0. The van der Waals surface area contributed by atoms with Gasteiger partial charge in [0.05, 0.1) is 6.04 Å². The van der Waals surface area contributed by atoms with E-state index < -0.39 is 0 Å². The molecule has 1 atom stereocenters. The Balaban J connectivity index is 2.49. The van der Waals surface area contributed by atoms with Crippen LogP contribution < -0.4 is 5.73 Å². The van der Waals surface area contributed by atoms with Crippen LogP contribution in [0.15, 0.2) is 0 Å². The third-order valence-corrected chi connectivity index (χ3v) is 3.30. The zero-order valence-corrected chi connectivity index (χ0v) is 9.46. The lowest BCUT2D eigenvalue weighted by Crippen LogP contribution is -2.39. The monoisotopic (exact) mass is 197 g/mol. The van der Waals surface area contributed by atoms with Crippen molar-refractivity contribution in [2.75, 3.05) is 0 Å². The van der Waals surface area contributed by atoms with Crippen molar-refractivity contribution in [2.24, 2.45) is 17.6 Å². The highest BCUT2D eigenvalue weighted by Crippen LogP contribution is 2.25. The Morgan fingerprint density at radius 2 is 1.64 bits per heavy atom. The van der Waals surface area contributed by atoms with Gasteiger partial charge in [0.1, 0.15) is 0 Å². The van der Waals surface area contributed by atoms with Gasteiger partial charge in [-0.1, -0.05) is 39.5 Å². The van der Waals surface area contributed by atoms with Gasteiger partial charge in [-0.2, -0.15) is 0 Å². The molecule has 1 unspecified atom stereocenters. The van der Waals surface area contributed by atoms with E-state index in [1.807, 2.05) is 13.8 Å². The summed E-state index contributed by atoms with van der Waals surface area (Å²) in [6, 6.07) is -0.238. The number of nitrogens with two attached hydrogens (primary N) is 1. The molecule has 2 N–H and O–H groups in total. The first-order valence-electron chi connectivity index (χ1n) is 5.92. The Morgan fingerprint density at radius 1 is 1.14 bits per heavy atom. The van der Waals surface area contributed by atoms with Crippen LogP contribution in [-0.4, -0.2) is 11.8 Å². The SMILES string of the molecule is CC(C)C(N)C(=O)C1CCCCCC1. The second kappa shape index (κ2) is 5.50. The average molecular weight is 197 g/mol. The third-order valence-electron chi connectivity index (χ3n) is 3.30. The van der Waals surface area contributed by atoms with Crippen molar-refractivity contribution in [1.29, 1.82) is 0 Å². The molecular weight excluding hydrogens is 174 g/mol. The van der Waals surface area contributed by atoms with Crippen molar-refractivity contribution in [2.45, 2.75) is 58.4 Å². The fourth-order valence-corrected chi connectivity index (χ4v) is 2.16. The number of hydrogen-bond donors (Lipinski definition) is 1. The molecule has 0 aromatic heterocycles. The summed E-state index contributed by atoms with van der Waals surface area (Å²) in [5.74, 6) is 0.850. The van der Waals surface area contributed by atoms with Crippen molar-refractivity contribution < 1.29 is 4.79 Å². The number of hydrogen-bond acceptors (Lipinski definition) is 2. The molecule has 14 heavy (non-hydrogen) atoms. The molecule has 0 amide bonds. The van der Waals surface area contributed by atoms with Crippen LogP contribution in [0.5, 0.6) is 0 Å². The second-order valence-electron chi connectivity index (χ2n) is 4.86. The van der Waals surface area contributed by atoms with Gasteiger partial charge in [-0.05, 0) is 18.8 Å². The summed E-state index contributed by atoms with van der Waals surface area (Å²) in [7, 11) is 0. The number of rotatable bonds is 3. The maximum absolute atomic E-state index is 12.0. The molecule has 0 heterocycles. The molecule has 2 heteroatoms. The maximum Gasteiger partial charge on any atom is 0.152 e. The van der Waals surface area contributed by atoms with Crippen molar-refractivity contribution >= 4 is 5.78 Å². The van der Waals surface area contributed by atoms with Crippen LogP contribution in [-0.2, 0) is 4.79 Å². The number of Topliss-reactive ketones (excluding diaryl/α,β-unsaturated/α-hetero) is 1. The molecule has 0 aliphatic heterocycles. The van der Waals surface area contributed by atoms with E-state index in [0.29, 0.717) is 5.78 Å². The van der Waals surface area contributed by atoms with Gasteiger partial charge in [0.2, 0.25) is 0 Å². The molecule has 1 fully saturated rings. The van der Waals surface area contributed by atoms with E-state index in [-0.39, 0.29) is 17.9 Å². The smallest absolute Gasteiger partial charge is 0.152 e. The van der Waals surface area contributed by atoms with Gasteiger partial charge in [-0.15, -0.1) is 0 Å². The Kier molecular flexibility index (Phi) is 4.59. The van der Waals surface area contributed by atoms with E-state index in [1.54, 1.807) is 0 Å². The maximum atomic E-state index is 12.0. The van der Waals surface area contributed by atoms with Gasteiger partial charge < -0.3 is 5.73 Å². The average Bonchev–Trinajstić information content (AvgIpc) is 2.43. The lowest BCUT2D eigenvalue weighted by Gasteiger charge is -2.20. The fourth-order valence-electron chi connectivity index (χ4n) is 2.16. The highest BCUT2D eigenvalue weighted by Gasteiger charge is 2.26. The van der Waals surface area contributed by atoms with E-state index in [1.165, 1.54) is 25.7 Å². The summed E-state index contributed by atoms with van der Waals surface area (Å²) in [6.07, 6.45) is 7.14. The molecule has 0 aromatic carbocycles. The molecular formula is C12H23NO. The van der Waals surface area contributed by atoms with E-state index in [2.05, 4.69) is 0 Å². The molecule has 0 radical (unpaired) electrons. The molecule has 1 aliphatic carbocycles. The molecule has 0 bridgehead atoms. The zero-order valence-electron chi connectivity index (χ0n) is 9.46. The fraction of sp³-hybridized carbons (Fsp3) is 0.917. The van der Waals surface area contributed by atoms with Crippen molar-refractivity contribution in [1.82, 2.24) is 0 Å². The molecule has 1 saturated carbocycles. The molecule has 0 spiro atoms. The highest BCUT2D eigenvalue weighted by atomic mass is 16.1. The topological polar surface area (TPSA) is 43.1 Å².